The van der Waals surface area contributed by atoms with Crippen LogP contribution in [0.5, 0.6) is 5.88 Å². The molecule has 28 heavy (non-hydrogen) atoms. The van der Waals surface area contributed by atoms with Crippen LogP contribution in [0.15, 0.2) is 53.2 Å². The molecule has 1 aliphatic heterocycles. The topological polar surface area (TPSA) is 68.5 Å². The smallest absolute Gasteiger partial charge is 0.256 e. The lowest BCUT2D eigenvalue weighted by atomic mass is 10.1. The Kier molecular flexibility index (Phi) is 5.30. The van der Waals surface area contributed by atoms with E-state index in [-0.39, 0.29) is 11.9 Å². The summed E-state index contributed by atoms with van der Waals surface area (Å²) >= 11 is 6.23. The van der Waals surface area contributed by atoms with Gasteiger partial charge in [0.2, 0.25) is 11.8 Å². The highest BCUT2D eigenvalue weighted by molar-refractivity contribution is 6.31. The molecule has 6 nitrogen and oxygen atoms in total. The van der Waals surface area contributed by atoms with Gasteiger partial charge in [0, 0.05) is 30.3 Å². The molecule has 1 saturated heterocycles. The molecule has 144 valence electrons. The van der Waals surface area contributed by atoms with E-state index < -0.39 is 0 Å². The summed E-state index contributed by atoms with van der Waals surface area (Å²) in [4.78, 5) is 23.3. The number of halogens is 1. The van der Waals surface area contributed by atoms with Gasteiger partial charge >= 0.3 is 0 Å². The average Bonchev–Trinajstić information content (AvgIpc) is 3.38. The largest absolute Gasteiger partial charge is 0.481 e. The van der Waals surface area contributed by atoms with Crippen molar-refractivity contribution in [2.75, 3.05) is 13.7 Å². The van der Waals surface area contributed by atoms with E-state index in [1.54, 1.807) is 30.3 Å². The Morgan fingerprint density at radius 3 is 2.86 bits per heavy atom. The molecule has 2 aromatic heterocycles. The summed E-state index contributed by atoms with van der Waals surface area (Å²) in [5.74, 6) is 1.69. The molecule has 0 radical (unpaired) electrons. The molecule has 1 fully saturated rings. The van der Waals surface area contributed by atoms with Gasteiger partial charge in [-0.1, -0.05) is 29.8 Å². The number of hydrogen-bond acceptors (Lipinski definition) is 5. The Balaban J connectivity index is 1.51. The van der Waals surface area contributed by atoms with Crippen LogP contribution in [0.2, 0.25) is 5.02 Å². The first kappa shape index (κ1) is 18.5. The number of oxazole rings is 1. The predicted octanol–water partition coefficient (Wildman–Crippen LogP) is 4.30. The van der Waals surface area contributed by atoms with Crippen LogP contribution in [0.3, 0.4) is 0 Å². The molecule has 0 N–H and O–H groups in total. The summed E-state index contributed by atoms with van der Waals surface area (Å²) in [6.45, 7) is 0.664. The van der Waals surface area contributed by atoms with Crippen molar-refractivity contribution in [2.24, 2.45) is 0 Å². The summed E-state index contributed by atoms with van der Waals surface area (Å²) in [5.41, 5.74) is 1.51. The first-order valence-electron chi connectivity index (χ1n) is 9.14. The van der Waals surface area contributed by atoms with E-state index in [9.17, 15) is 4.79 Å². The molecule has 0 aliphatic carbocycles. The molecule has 1 atom stereocenters. The van der Waals surface area contributed by atoms with E-state index in [0.29, 0.717) is 35.3 Å². The van der Waals surface area contributed by atoms with Gasteiger partial charge in [-0.25, -0.2) is 9.97 Å². The summed E-state index contributed by atoms with van der Waals surface area (Å²) in [6, 6.07) is 10.9. The molecule has 1 unspecified atom stereocenters. The van der Waals surface area contributed by atoms with E-state index in [1.165, 1.54) is 6.20 Å². The van der Waals surface area contributed by atoms with Crippen molar-refractivity contribution in [2.45, 2.75) is 25.3 Å². The SMILES string of the molecule is COc1ccc(C(=O)N2CCCC2c2ncc(Cc3ccccc3Cl)o2)cn1. The van der Waals surface area contributed by atoms with Crippen molar-refractivity contribution >= 4 is 17.5 Å². The van der Waals surface area contributed by atoms with Gasteiger partial charge in [0.15, 0.2) is 0 Å². The molecule has 1 aliphatic rings. The lowest BCUT2D eigenvalue weighted by Gasteiger charge is -2.22. The van der Waals surface area contributed by atoms with Crippen LogP contribution >= 0.6 is 11.6 Å². The van der Waals surface area contributed by atoms with Gasteiger partial charge in [0.1, 0.15) is 11.8 Å². The fraction of sp³-hybridized carbons (Fsp3) is 0.286. The van der Waals surface area contributed by atoms with Crippen molar-refractivity contribution < 1.29 is 13.9 Å². The molecular formula is C21H20ClN3O3. The number of hydrogen-bond donors (Lipinski definition) is 0. The van der Waals surface area contributed by atoms with Crippen molar-refractivity contribution in [3.8, 4) is 5.88 Å². The first-order valence-corrected chi connectivity index (χ1v) is 9.52. The quantitative estimate of drug-likeness (QED) is 0.642. The van der Waals surface area contributed by atoms with Crippen molar-refractivity contribution in [3.63, 3.8) is 0 Å². The normalized spacial score (nSPS) is 16.4. The molecule has 7 heteroatoms. The highest BCUT2D eigenvalue weighted by Gasteiger charge is 2.34. The number of aromatic nitrogens is 2. The third-order valence-electron chi connectivity index (χ3n) is 4.89. The van der Waals surface area contributed by atoms with Gasteiger partial charge in [-0.3, -0.25) is 4.79 Å². The number of rotatable bonds is 5. The van der Waals surface area contributed by atoms with Gasteiger partial charge in [0.05, 0.1) is 18.9 Å². The van der Waals surface area contributed by atoms with Gasteiger partial charge < -0.3 is 14.1 Å². The third-order valence-corrected chi connectivity index (χ3v) is 5.25. The standard InChI is InChI=1S/C21H20ClN3O3/c1-27-19-9-8-15(12-23-19)21(26)25-10-4-7-18(25)20-24-13-16(28-20)11-14-5-2-3-6-17(14)22/h2-3,5-6,8-9,12-13,18H,4,7,10-11H2,1H3. The van der Waals surface area contributed by atoms with Crippen LogP contribution in [0, 0.1) is 0 Å². The molecule has 3 heterocycles. The number of methoxy groups -OCH3 is 1. The van der Waals surface area contributed by atoms with Gasteiger partial charge in [-0.2, -0.15) is 0 Å². The summed E-state index contributed by atoms with van der Waals surface area (Å²) in [6.07, 6.45) is 5.54. The van der Waals surface area contributed by atoms with Crippen molar-refractivity contribution in [3.05, 3.63) is 76.6 Å². The van der Waals surface area contributed by atoms with E-state index in [1.807, 2.05) is 24.3 Å². The summed E-state index contributed by atoms with van der Waals surface area (Å²) in [7, 11) is 1.54. The minimum Gasteiger partial charge on any atom is -0.481 e. The number of pyridine rings is 1. The second-order valence-corrected chi connectivity index (χ2v) is 7.09. The molecule has 0 bridgehead atoms. The number of nitrogens with zero attached hydrogens (tertiary/aromatic N) is 3. The molecule has 1 aromatic carbocycles. The first-order chi connectivity index (χ1) is 13.7. The number of carbonyl (C=O) groups excluding carboxylic acids is 1. The van der Waals surface area contributed by atoms with E-state index in [0.717, 1.165) is 24.2 Å². The van der Waals surface area contributed by atoms with Crippen LogP contribution in [0.1, 0.15) is 46.5 Å². The van der Waals surface area contributed by atoms with Crippen LogP contribution in [-0.2, 0) is 6.42 Å². The highest BCUT2D eigenvalue weighted by atomic mass is 35.5. The van der Waals surface area contributed by atoms with E-state index >= 15 is 0 Å². The van der Waals surface area contributed by atoms with Gasteiger partial charge in [-0.05, 0) is 30.5 Å². The number of benzene rings is 1. The third kappa shape index (κ3) is 3.73. The summed E-state index contributed by atoms with van der Waals surface area (Å²) in [5, 5.41) is 0.699. The van der Waals surface area contributed by atoms with Crippen LogP contribution < -0.4 is 4.74 Å². The van der Waals surface area contributed by atoms with Crippen LogP contribution in [-0.4, -0.2) is 34.4 Å². The summed E-state index contributed by atoms with van der Waals surface area (Å²) < 4.78 is 11.0. The molecule has 1 amide bonds. The van der Waals surface area contributed by atoms with Gasteiger partial charge in [0.25, 0.3) is 5.91 Å². The van der Waals surface area contributed by atoms with E-state index in [4.69, 9.17) is 20.8 Å². The second-order valence-electron chi connectivity index (χ2n) is 6.68. The maximum absolute atomic E-state index is 12.9. The number of ether oxygens (including phenoxy) is 1. The fourth-order valence-electron chi connectivity index (χ4n) is 3.45. The second kappa shape index (κ2) is 8.02. The molecule has 0 saturated carbocycles. The lowest BCUT2D eigenvalue weighted by molar-refractivity contribution is 0.0714. The Bertz CT molecular complexity index is 971. The Morgan fingerprint density at radius 2 is 2.11 bits per heavy atom. The minimum absolute atomic E-state index is 0.0801. The van der Waals surface area contributed by atoms with Gasteiger partial charge in [-0.15, -0.1) is 0 Å². The van der Waals surface area contributed by atoms with Crippen molar-refractivity contribution in [1.82, 2.24) is 14.9 Å². The zero-order chi connectivity index (χ0) is 19.5. The molecular weight excluding hydrogens is 378 g/mol. The molecule has 4 rings (SSSR count). The van der Waals surface area contributed by atoms with Crippen LogP contribution in [0.25, 0.3) is 0 Å². The maximum atomic E-state index is 12.9. The maximum Gasteiger partial charge on any atom is 0.256 e. The Morgan fingerprint density at radius 1 is 1.25 bits per heavy atom. The van der Waals surface area contributed by atoms with Crippen molar-refractivity contribution in [1.29, 1.82) is 0 Å². The fourth-order valence-corrected chi connectivity index (χ4v) is 3.65. The number of carbonyl (C=O) groups is 1. The average molecular weight is 398 g/mol. The Labute approximate surface area is 168 Å². The van der Waals surface area contributed by atoms with Crippen LogP contribution in [0.4, 0.5) is 0 Å². The lowest BCUT2D eigenvalue weighted by Crippen LogP contribution is -2.30. The molecule has 0 spiro atoms. The number of amides is 1. The molecule has 3 aromatic rings. The zero-order valence-electron chi connectivity index (χ0n) is 15.5. The highest BCUT2D eigenvalue weighted by Crippen LogP contribution is 2.33. The Hall–Kier alpha value is -2.86. The number of likely N-dealkylation sites (tertiary alicyclic amines) is 1. The predicted molar refractivity (Wildman–Crippen MR) is 105 cm³/mol. The minimum atomic E-state index is -0.172. The zero-order valence-corrected chi connectivity index (χ0v) is 16.2. The van der Waals surface area contributed by atoms with E-state index in [2.05, 4.69) is 9.97 Å². The monoisotopic (exact) mass is 397 g/mol.